The van der Waals surface area contributed by atoms with Crippen LogP contribution >= 0.6 is 0 Å². The Hall–Kier alpha value is -3.59. The highest BCUT2D eigenvalue weighted by Crippen LogP contribution is 2.32. The molecule has 4 aromatic rings. The van der Waals surface area contributed by atoms with Gasteiger partial charge in [0.25, 0.3) is 0 Å². The van der Waals surface area contributed by atoms with E-state index in [-0.39, 0.29) is 0 Å². The normalized spacial score (nSPS) is 13.8. The Bertz CT molecular complexity index is 1250. The minimum atomic E-state index is 0.435. The van der Waals surface area contributed by atoms with E-state index in [2.05, 4.69) is 29.2 Å². The molecule has 1 heterocycles. The van der Waals surface area contributed by atoms with E-state index in [1.807, 2.05) is 36.4 Å². The lowest BCUT2D eigenvalue weighted by atomic mass is 9.84. The van der Waals surface area contributed by atoms with Crippen molar-refractivity contribution in [3.8, 4) is 0 Å². The molecule has 0 amide bonds. The molecule has 3 nitrogen and oxygen atoms in total. The van der Waals surface area contributed by atoms with Crippen molar-refractivity contribution in [3.63, 3.8) is 0 Å². The highest BCUT2D eigenvalue weighted by atomic mass is 14.6. The average Bonchev–Trinajstić information content (AvgIpc) is 2.68. The van der Waals surface area contributed by atoms with E-state index in [0.29, 0.717) is 11.4 Å². The minimum Gasteiger partial charge on any atom is -0.300 e. The van der Waals surface area contributed by atoms with Crippen LogP contribution < -0.4 is 0 Å². The van der Waals surface area contributed by atoms with Crippen LogP contribution in [0.2, 0.25) is 0 Å². The van der Waals surface area contributed by atoms with E-state index in [1.54, 1.807) is 18.5 Å². The molecule has 2 N–H and O–H groups in total. The van der Waals surface area contributed by atoms with Gasteiger partial charge < -0.3 is 5.41 Å². The summed E-state index contributed by atoms with van der Waals surface area (Å²) in [5.41, 5.74) is 4.11. The van der Waals surface area contributed by atoms with Gasteiger partial charge >= 0.3 is 0 Å². The molecule has 1 aromatic heterocycles. The van der Waals surface area contributed by atoms with Crippen molar-refractivity contribution in [2.75, 3.05) is 0 Å². The molecule has 0 atom stereocenters. The number of nitrogens with one attached hydrogen (secondary N) is 2. The highest BCUT2D eigenvalue weighted by molar-refractivity contribution is 6.40. The summed E-state index contributed by atoms with van der Waals surface area (Å²) < 4.78 is 0. The Morgan fingerprint density at radius 2 is 1.38 bits per heavy atom. The van der Waals surface area contributed by atoms with Gasteiger partial charge in [-0.05, 0) is 58.0 Å². The fourth-order valence-corrected chi connectivity index (χ4v) is 3.61. The topological polar surface area (TPSA) is 60.6 Å². The number of rotatable bonds is 1. The van der Waals surface area contributed by atoms with E-state index in [0.717, 1.165) is 33.0 Å². The van der Waals surface area contributed by atoms with Gasteiger partial charge in [-0.3, -0.25) is 10.4 Å². The quantitative estimate of drug-likeness (QED) is 0.461. The van der Waals surface area contributed by atoms with Gasteiger partial charge in [-0.1, -0.05) is 30.3 Å². The summed E-state index contributed by atoms with van der Waals surface area (Å²) in [5.74, 6) is 0. The van der Waals surface area contributed by atoms with Crippen molar-refractivity contribution in [1.82, 2.24) is 4.98 Å². The summed E-state index contributed by atoms with van der Waals surface area (Å²) in [4.78, 5) is 4.15. The Morgan fingerprint density at radius 3 is 2.04 bits per heavy atom. The van der Waals surface area contributed by atoms with Gasteiger partial charge in [-0.25, -0.2) is 0 Å². The van der Waals surface area contributed by atoms with Crippen molar-refractivity contribution in [2.45, 2.75) is 0 Å². The third-order valence-corrected chi connectivity index (χ3v) is 4.93. The summed E-state index contributed by atoms with van der Waals surface area (Å²) in [5, 5.41) is 21.7. The first-order valence-electron chi connectivity index (χ1n) is 8.47. The van der Waals surface area contributed by atoms with Crippen LogP contribution in [-0.2, 0) is 0 Å². The maximum absolute atomic E-state index is 8.70. The monoisotopic (exact) mass is 333 g/mol. The van der Waals surface area contributed by atoms with Gasteiger partial charge in [0, 0.05) is 34.7 Å². The number of pyridine rings is 1. The lowest BCUT2D eigenvalue weighted by molar-refractivity contribution is 1.31. The van der Waals surface area contributed by atoms with Gasteiger partial charge in [0.15, 0.2) is 0 Å². The van der Waals surface area contributed by atoms with Crippen molar-refractivity contribution in [3.05, 3.63) is 95.8 Å². The first-order chi connectivity index (χ1) is 12.7. The zero-order valence-electron chi connectivity index (χ0n) is 14.0. The first kappa shape index (κ1) is 14.7. The molecule has 1 aliphatic rings. The Kier molecular flexibility index (Phi) is 3.09. The Morgan fingerprint density at radius 1 is 0.692 bits per heavy atom. The molecule has 3 aromatic carbocycles. The SMILES string of the molecule is N=C1C=C(c2cccnc2)C(=N)c2cc3cc4ccccc4cc3cc21. The molecular weight excluding hydrogens is 318 g/mol. The number of fused-ring (bicyclic) bond motifs is 3. The van der Waals surface area contributed by atoms with E-state index in [9.17, 15) is 0 Å². The zero-order chi connectivity index (χ0) is 17.7. The van der Waals surface area contributed by atoms with Crippen LogP contribution in [0.1, 0.15) is 16.7 Å². The van der Waals surface area contributed by atoms with E-state index in [4.69, 9.17) is 10.8 Å². The second-order valence-electron chi connectivity index (χ2n) is 6.53. The molecule has 5 rings (SSSR count). The molecular formula is C23H15N3. The molecule has 0 aliphatic heterocycles. The molecule has 1 aliphatic carbocycles. The molecule has 0 saturated carbocycles. The van der Waals surface area contributed by atoms with Crippen molar-refractivity contribution in [2.24, 2.45) is 0 Å². The average molecular weight is 333 g/mol. The Balaban J connectivity index is 1.74. The first-order valence-corrected chi connectivity index (χ1v) is 8.47. The smallest absolute Gasteiger partial charge is 0.0698 e. The predicted octanol–water partition coefficient (Wildman–Crippen LogP) is 5.22. The molecule has 26 heavy (non-hydrogen) atoms. The van der Waals surface area contributed by atoms with Crippen LogP contribution in [0, 0.1) is 10.8 Å². The van der Waals surface area contributed by atoms with Crippen molar-refractivity contribution in [1.29, 1.82) is 10.8 Å². The number of hydrogen-bond donors (Lipinski definition) is 2. The number of nitrogens with zero attached hydrogens (tertiary/aromatic N) is 1. The minimum absolute atomic E-state index is 0.435. The van der Waals surface area contributed by atoms with Crippen LogP contribution in [0.25, 0.3) is 27.1 Å². The molecule has 0 saturated heterocycles. The summed E-state index contributed by atoms with van der Waals surface area (Å²) >= 11 is 0. The maximum atomic E-state index is 8.70. The molecule has 122 valence electrons. The van der Waals surface area contributed by atoms with Gasteiger partial charge in [0.1, 0.15) is 0 Å². The lowest BCUT2D eigenvalue weighted by Gasteiger charge is -2.20. The van der Waals surface area contributed by atoms with Gasteiger partial charge in [0.05, 0.1) is 11.4 Å². The summed E-state index contributed by atoms with van der Waals surface area (Å²) in [6.45, 7) is 0. The van der Waals surface area contributed by atoms with E-state index in [1.165, 1.54) is 10.8 Å². The largest absolute Gasteiger partial charge is 0.300 e. The second kappa shape index (κ2) is 5.46. The van der Waals surface area contributed by atoms with Gasteiger partial charge in [-0.15, -0.1) is 0 Å². The second-order valence-corrected chi connectivity index (χ2v) is 6.53. The molecule has 0 radical (unpaired) electrons. The van der Waals surface area contributed by atoms with Gasteiger partial charge in [-0.2, -0.15) is 0 Å². The molecule has 0 bridgehead atoms. The number of aromatic nitrogens is 1. The molecule has 3 heteroatoms. The van der Waals surface area contributed by atoms with Crippen LogP contribution in [-0.4, -0.2) is 16.4 Å². The predicted molar refractivity (Wildman–Crippen MR) is 107 cm³/mol. The third kappa shape index (κ3) is 2.18. The molecule has 0 spiro atoms. The zero-order valence-corrected chi connectivity index (χ0v) is 14.0. The van der Waals surface area contributed by atoms with Crippen molar-refractivity contribution < 1.29 is 0 Å². The number of benzene rings is 3. The maximum Gasteiger partial charge on any atom is 0.0698 e. The number of hydrogen-bond acceptors (Lipinski definition) is 3. The highest BCUT2D eigenvalue weighted by Gasteiger charge is 2.22. The van der Waals surface area contributed by atoms with Crippen LogP contribution in [0.15, 0.2) is 79.1 Å². The van der Waals surface area contributed by atoms with Gasteiger partial charge in [0.2, 0.25) is 0 Å². The molecule has 0 unspecified atom stereocenters. The summed E-state index contributed by atoms with van der Waals surface area (Å²) in [7, 11) is 0. The van der Waals surface area contributed by atoms with Crippen LogP contribution in [0.4, 0.5) is 0 Å². The number of allylic oxidation sites excluding steroid dienone is 2. The fourth-order valence-electron chi connectivity index (χ4n) is 3.61. The summed E-state index contributed by atoms with van der Waals surface area (Å²) in [6.07, 6.45) is 5.23. The lowest BCUT2D eigenvalue weighted by Crippen LogP contribution is -2.16. The van der Waals surface area contributed by atoms with E-state index < -0.39 is 0 Å². The van der Waals surface area contributed by atoms with Crippen LogP contribution in [0.3, 0.4) is 0 Å². The fraction of sp³-hybridized carbons (Fsp3) is 0. The van der Waals surface area contributed by atoms with Crippen molar-refractivity contribution >= 4 is 38.5 Å². The van der Waals surface area contributed by atoms with E-state index >= 15 is 0 Å². The standard InChI is InChI=1S/C23H15N3/c24-22-12-19(16-6-3-7-26-13-16)23(25)21-11-18-9-15-5-2-1-4-14(15)8-17(18)10-20(21)22/h1-13,24-25H. The molecule has 0 fully saturated rings. The summed E-state index contributed by atoms with van der Waals surface area (Å²) in [6, 6.07) is 20.4. The Labute approximate surface area is 150 Å². The third-order valence-electron chi connectivity index (χ3n) is 4.93. The van der Waals surface area contributed by atoms with Crippen LogP contribution in [0.5, 0.6) is 0 Å².